The van der Waals surface area contributed by atoms with E-state index in [1.165, 1.54) is 11.9 Å². The highest BCUT2D eigenvalue weighted by molar-refractivity contribution is 5.85. The average molecular weight is 305 g/mol. The third-order valence-electron chi connectivity index (χ3n) is 2.78. The number of methoxy groups -OCH3 is 1. The molecule has 1 rings (SSSR count). The molecule has 0 spiro atoms. The van der Waals surface area contributed by atoms with Gasteiger partial charge in [0, 0.05) is 20.7 Å². The molecule has 0 saturated carbocycles. The van der Waals surface area contributed by atoms with Crippen molar-refractivity contribution in [2.75, 3.05) is 40.5 Å². The number of ether oxygens (including phenoxy) is 2. The number of carbonyl (C=O) groups is 2. The Balaban J connectivity index is 2.34. The number of carbonyl (C=O) groups excluding carboxylic acids is 2. The average Bonchev–Trinajstić information content (AvgIpc) is 2.53. The quantitative estimate of drug-likeness (QED) is 0.691. The first-order valence-electron chi connectivity index (χ1n) is 6.69. The molecule has 0 aromatic heterocycles. The molecular weight excluding hydrogens is 286 g/mol. The van der Waals surface area contributed by atoms with Crippen LogP contribution in [0, 0.1) is 11.3 Å². The summed E-state index contributed by atoms with van der Waals surface area (Å²) in [6.45, 7) is 0.608. The number of nitrogens with one attached hydrogen (secondary N) is 1. The summed E-state index contributed by atoms with van der Waals surface area (Å²) < 4.78 is 10.1. The molecule has 0 bridgehead atoms. The van der Waals surface area contributed by atoms with E-state index in [9.17, 15) is 9.59 Å². The number of hydrogen-bond donors (Lipinski definition) is 1. The predicted molar refractivity (Wildman–Crippen MR) is 79.2 cm³/mol. The van der Waals surface area contributed by atoms with E-state index < -0.39 is 0 Å². The summed E-state index contributed by atoms with van der Waals surface area (Å²) in [5.74, 6) is -0.0807. The van der Waals surface area contributed by atoms with Crippen molar-refractivity contribution < 1.29 is 19.1 Å². The van der Waals surface area contributed by atoms with Crippen LogP contribution in [-0.4, -0.2) is 57.2 Å². The molecule has 22 heavy (non-hydrogen) atoms. The molecule has 0 aliphatic rings. The van der Waals surface area contributed by atoms with E-state index >= 15 is 0 Å². The normalized spacial score (nSPS) is 9.68. The number of hydrogen-bond acceptors (Lipinski definition) is 5. The summed E-state index contributed by atoms with van der Waals surface area (Å²) in [5.41, 5.74) is 0.517. The second-order valence-corrected chi connectivity index (χ2v) is 4.52. The van der Waals surface area contributed by atoms with Crippen LogP contribution >= 0.6 is 0 Å². The summed E-state index contributed by atoms with van der Waals surface area (Å²) in [6, 6.07) is 8.43. The third kappa shape index (κ3) is 6.24. The zero-order valence-electron chi connectivity index (χ0n) is 12.7. The molecule has 1 aromatic rings. The first-order chi connectivity index (χ1) is 10.6. The molecule has 1 aromatic carbocycles. The number of nitriles is 1. The smallest absolute Gasteiger partial charge is 0.260 e. The Morgan fingerprint density at radius 1 is 1.32 bits per heavy atom. The van der Waals surface area contributed by atoms with Crippen molar-refractivity contribution >= 4 is 11.8 Å². The van der Waals surface area contributed by atoms with E-state index in [4.69, 9.17) is 14.7 Å². The zero-order chi connectivity index (χ0) is 16.4. The second-order valence-electron chi connectivity index (χ2n) is 4.52. The van der Waals surface area contributed by atoms with Gasteiger partial charge in [-0.1, -0.05) is 0 Å². The number of rotatable bonds is 8. The van der Waals surface area contributed by atoms with Crippen molar-refractivity contribution in [3.8, 4) is 11.8 Å². The Kier molecular flexibility index (Phi) is 7.43. The van der Waals surface area contributed by atoms with E-state index in [0.29, 0.717) is 24.5 Å². The van der Waals surface area contributed by atoms with Crippen LogP contribution in [0.15, 0.2) is 24.3 Å². The van der Waals surface area contributed by atoms with E-state index in [0.717, 1.165) is 0 Å². The maximum Gasteiger partial charge on any atom is 0.260 e. The lowest BCUT2D eigenvalue weighted by atomic mass is 10.2. The number of amides is 2. The molecule has 0 heterocycles. The number of likely N-dealkylation sites (N-methyl/N-ethyl adjacent to an activating group) is 1. The van der Waals surface area contributed by atoms with Gasteiger partial charge in [-0.2, -0.15) is 5.26 Å². The molecule has 2 amide bonds. The zero-order valence-corrected chi connectivity index (χ0v) is 12.7. The van der Waals surface area contributed by atoms with Crippen molar-refractivity contribution in [2.24, 2.45) is 0 Å². The van der Waals surface area contributed by atoms with E-state index in [-0.39, 0.29) is 25.0 Å². The molecule has 7 nitrogen and oxygen atoms in total. The Labute approximate surface area is 129 Å². The predicted octanol–water partition coefficient (Wildman–Crippen LogP) is 0.158. The molecule has 0 atom stereocenters. The minimum atomic E-state index is -0.314. The van der Waals surface area contributed by atoms with Crippen LogP contribution in [0.1, 0.15) is 5.56 Å². The molecule has 1 N–H and O–H groups in total. The fourth-order valence-corrected chi connectivity index (χ4v) is 1.53. The van der Waals surface area contributed by atoms with Crippen LogP contribution in [0.4, 0.5) is 0 Å². The molecule has 0 unspecified atom stereocenters. The fraction of sp³-hybridized carbons (Fsp3) is 0.400. The van der Waals surface area contributed by atoms with Gasteiger partial charge >= 0.3 is 0 Å². The summed E-state index contributed by atoms with van der Waals surface area (Å²) in [4.78, 5) is 24.7. The molecule has 0 aliphatic carbocycles. The standard InChI is InChI=1S/C15H19N3O4/c1-18(10-14(19)17-7-8-21-2)15(20)11-22-13-5-3-12(9-16)4-6-13/h3-6H,7-8,10-11H2,1-2H3,(H,17,19). The number of benzene rings is 1. The Morgan fingerprint density at radius 3 is 2.59 bits per heavy atom. The summed E-state index contributed by atoms with van der Waals surface area (Å²) in [5, 5.41) is 11.3. The van der Waals surface area contributed by atoms with Crippen molar-refractivity contribution in [1.82, 2.24) is 10.2 Å². The highest BCUT2D eigenvalue weighted by Crippen LogP contribution is 2.11. The van der Waals surface area contributed by atoms with Crippen molar-refractivity contribution in [2.45, 2.75) is 0 Å². The van der Waals surface area contributed by atoms with Crippen LogP contribution in [0.3, 0.4) is 0 Å². The van der Waals surface area contributed by atoms with Gasteiger partial charge in [-0.3, -0.25) is 9.59 Å². The third-order valence-corrected chi connectivity index (χ3v) is 2.78. The van der Waals surface area contributed by atoms with E-state index in [2.05, 4.69) is 5.32 Å². The molecule has 0 aliphatic heterocycles. The van der Waals surface area contributed by atoms with Gasteiger partial charge in [-0.15, -0.1) is 0 Å². The maximum atomic E-state index is 11.8. The lowest BCUT2D eigenvalue weighted by Crippen LogP contribution is -2.41. The lowest BCUT2D eigenvalue weighted by Gasteiger charge is -2.17. The Hall–Kier alpha value is -2.59. The van der Waals surface area contributed by atoms with Gasteiger partial charge < -0.3 is 19.7 Å². The summed E-state index contributed by atoms with van der Waals surface area (Å²) in [7, 11) is 3.07. The van der Waals surface area contributed by atoms with Gasteiger partial charge in [0.15, 0.2) is 6.61 Å². The minimum absolute atomic E-state index is 0.0424. The van der Waals surface area contributed by atoms with Crippen molar-refractivity contribution in [3.05, 3.63) is 29.8 Å². The largest absolute Gasteiger partial charge is 0.484 e. The van der Waals surface area contributed by atoms with Crippen LogP contribution in [0.2, 0.25) is 0 Å². The Morgan fingerprint density at radius 2 is 2.00 bits per heavy atom. The molecule has 0 saturated heterocycles. The van der Waals surface area contributed by atoms with Gasteiger partial charge in [-0.05, 0) is 24.3 Å². The molecule has 118 valence electrons. The Bertz CT molecular complexity index is 537. The summed E-state index contributed by atoms with van der Waals surface area (Å²) >= 11 is 0. The molecule has 0 radical (unpaired) electrons. The minimum Gasteiger partial charge on any atom is -0.484 e. The first kappa shape index (κ1) is 17.5. The lowest BCUT2D eigenvalue weighted by molar-refractivity contribution is -0.136. The van der Waals surface area contributed by atoms with Crippen LogP contribution in [-0.2, 0) is 14.3 Å². The molecule has 7 heteroatoms. The molecule has 0 fully saturated rings. The summed E-state index contributed by atoms with van der Waals surface area (Å²) in [6.07, 6.45) is 0. The van der Waals surface area contributed by atoms with Gasteiger partial charge in [0.2, 0.25) is 5.91 Å². The highest BCUT2D eigenvalue weighted by Gasteiger charge is 2.13. The number of nitrogens with zero attached hydrogens (tertiary/aromatic N) is 2. The monoisotopic (exact) mass is 305 g/mol. The molecular formula is C15H19N3O4. The van der Waals surface area contributed by atoms with Crippen molar-refractivity contribution in [3.63, 3.8) is 0 Å². The van der Waals surface area contributed by atoms with Gasteiger partial charge in [0.05, 0.1) is 24.8 Å². The van der Waals surface area contributed by atoms with Crippen molar-refractivity contribution in [1.29, 1.82) is 5.26 Å². The topological polar surface area (TPSA) is 91.7 Å². The van der Waals surface area contributed by atoms with Gasteiger partial charge in [0.1, 0.15) is 5.75 Å². The SMILES string of the molecule is COCCNC(=O)CN(C)C(=O)COc1ccc(C#N)cc1. The highest BCUT2D eigenvalue weighted by atomic mass is 16.5. The fourth-order valence-electron chi connectivity index (χ4n) is 1.53. The van der Waals surface area contributed by atoms with E-state index in [1.807, 2.05) is 6.07 Å². The van der Waals surface area contributed by atoms with Gasteiger partial charge in [0.25, 0.3) is 5.91 Å². The van der Waals surface area contributed by atoms with Gasteiger partial charge in [-0.25, -0.2) is 0 Å². The maximum absolute atomic E-state index is 11.8. The van der Waals surface area contributed by atoms with E-state index in [1.54, 1.807) is 31.4 Å². The van der Waals surface area contributed by atoms with Crippen LogP contribution in [0.25, 0.3) is 0 Å². The second kappa shape index (κ2) is 9.37. The van der Waals surface area contributed by atoms with Crippen LogP contribution < -0.4 is 10.1 Å². The first-order valence-corrected chi connectivity index (χ1v) is 6.69. The van der Waals surface area contributed by atoms with Crippen LogP contribution in [0.5, 0.6) is 5.75 Å².